The van der Waals surface area contributed by atoms with Crippen LogP contribution in [-0.4, -0.2) is 30.9 Å². The molecule has 0 bridgehead atoms. The summed E-state index contributed by atoms with van der Waals surface area (Å²) in [6, 6.07) is 9.81. The van der Waals surface area contributed by atoms with E-state index in [4.69, 9.17) is 23.2 Å². The summed E-state index contributed by atoms with van der Waals surface area (Å²) in [6.45, 7) is 9.19. The molecule has 3 atom stereocenters. The van der Waals surface area contributed by atoms with Gasteiger partial charge in [0.25, 0.3) is 0 Å². The minimum Gasteiger partial charge on any atom is -0.352 e. The second kappa shape index (κ2) is 13.1. The van der Waals surface area contributed by atoms with E-state index in [0.717, 1.165) is 31.2 Å². The fourth-order valence-corrected chi connectivity index (χ4v) is 5.40. The number of hydrogen-bond acceptors (Lipinski definition) is 3. The van der Waals surface area contributed by atoms with Gasteiger partial charge in [0.15, 0.2) is 0 Å². The molecule has 2 amide bonds. The summed E-state index contributed by atoms with van der Waals surface area (Å²) in [6.07, 6.45) is 5.95. The van der Waals surface area contributed by atoms with Gasteiger partial charge in [0.2, 0.25) is 12.3 Å². The standard InChI is InChI=1S/C24H26Cl2FN3O2.C5H12/c25-15-6-4-5-14(9-15)22-18(17-10-20(27)19(26)11-21(17)29-13-31)12-28-23(22)24(32)30-16-7-2-1-3-8-16;1-5(2,3)4/h4-6,9-11,13,16,18,22-23,28H,1-3,7-8,12H2,(H,29,31)(H,30,32);1-4H3/t18?,22?,23-;/m1./s1. The van der Waals surface area contributed by atoms with E-state index in [9.17, 15) is 14.0 Å². The number of carbonyl (C=O) groups excluding carboxylic acids is 2. The zero-order valence-electron chi connectivity index (χ0n) is 22.0. The molecule has 2 fully saturated rings. The zero-order chi connectivity index (χ0) is 27.2. The first kappa shape index (κ1) is 29.4. The molecular weight excluding hydrogens is 512 g/mol. The highest BCUT2D eigenvalue weighted by Crippen LogP contribution is 2.44. The highest BCUT2D eigenvalue weighted by Gasteiger charge is 2.43. The lowest BCUT2D eigenvalue weighted by atomic mass is 9.79. The molecule has 2 aromatic carbocycles. The van der Waals surface area contributed by atoms with Crippen molar-refractivity contribution >= 4 is 41.2 Å². The number of anilines is 1. The lowest BCUT2D eigenvalue weighted by Crippen LogP contribution is -2.47. The molecule has 2 aromatic rings. The van der Waals surface area contributed by atoms with E-state index in [2.05, 4.69) is 43.6 Å². The van der Waals surface area contributed by atoms with Crippen LogP contribution in [0, 0.1) is 11.2 Å². The van der Waals surface area contributed by atoms with Crippen LogP contribution >= 0.6 is 23.2 Å². The second-order valence-corrected chi connectivity index (χ2v) is 12.4. The van der Waals surface area contributed by atoms with Gasteiger partial charge in [0.1, 0.15) is 5.82 Å². The van der Waals surface area contributed by atoms with Crippen LogP contribution in [0.1, 0.15) is 82.8 Å². The van der Waals surface area contributed by atoms with E-state index in [-0.39, 0.29) is 28.8 Å². The van der Waals surface area contributed by atoms with Crippen LogP contribution < -0.4 is 16.0 Å². The Morgan fingerprint density at radius 1 is 1.08 bits per heavy atom. The number of carbonyl (C=O) groups is 2. The van der Waals surface area contributed by atoms with Crippen molar-refractivity contribution in [3.8, 4) is 0 Å². The molecule has 0 spiro atoms. The van der Waals surface area contributed by atoms with Crippen LogP contribution in [0.25, 0.3) is 0 Å². The molecule has 1 saturated carbocycles. The smallest absolute Gasteiger partial charge is 0.238 e. The average Bonchev–Trinajstić information content (AvgIpc) is 3.26. The van der Waals surface area contributed by atoms with E-state index in [1.165, 1.54) is 18.6 Å². The van der Waals surface area contributed by atoms with Crippen LogP contribution in [-0.2, 0) is 9.59 Å². The summed E-state index contributed by atoms with van der Waals surface area (Å²) in [7, 11) is 0. The van der Waals surface area contributed by atoms with Crippen molar-refractivity contribution in [2.24, 2.45) is 5.41 Å². The highest BCUT2D eigenvalue weighted by molar-refractivity contribution is 6.31. The molecule has 5 nitrogen and oxygen atoms in total. The Hall–Kier alpha value is -2.15. The summed E-state index contributed by atoms with van der Waals surface area (Å²) in [5.74, 6) is -1.21. The number of amides is 2. The van der Waals surface area contributed by atoms with Gasteiger partial charge in [0, 0.05) is 35.1 Å². The Bertz CT molecular complexity index is 1080. The zero-order valence-corrected chi connectivity index (χ0v) is 23.6. The number of benzene rings is 2. The molecule has 202 valence electrons. The van der Waals surface area contributed by atoms with Crippen LogP contribution in [0.5, 0.6) is 0 Å². The summed E-state index contributed by atoms with van der Waals surface area (Å²) in [4.78, 5) is 24.5. The fourth-order valence-electron chi connectivity index (χ4n) is 5.03. The van der Waals surface area contributed by atoms with Crippen LogP contribution in [0.2, 0.25) is 10.0 Å². The van der Waals surface area contributed by atoms with E-state index in [1.54, 1.807) is 6.07 Å². The number of rotatable bonds is 6. The lowest BCUT2D eigenvalue weighted by Gasteiger charge is -2.29. The highest BCUT2D eigenvalue weighted by atomic mass is 35.5. The van der Waals surface area contributed by atoms with E-state index in [0.29, 0.717) is 34.6 Å². The molecule has 1 saturated heterocycles. The third kappa shape index (κ3) is 8.42. The normalized spacial score (nSPS) is 22.1. The van der Waals surface area contributed by atoms with Gasteiger partial charge in [-0.25, -0.2) is 4.39 Å². The Kier molecular flexibility index (Phi) is 10.4. The molecule has 1 heterocycles. The SMILES string of the molecule is CC(C)(C)C.O=CNc1cc(Cl)c(F)cc1C1CN[C@@H](C(=O)NC2CCCCC2)C1c1cccc(Cl)c1. The summed E-state index contributed by atoms with van der Waals surface area (Å²) < 4.78 is 14.4. The molecule has 0 aromatic heterocycles. The Balaban J connectivity index is 0.000000695. The molecule has 8 heteroatoms. The first-order valence-electron chi connectivity index (χ1n) is 13.0. The topological polar surface area (TPSA) is 70.2 Å². The van der Waals surface area contributed by atoms with Crippen molar-refractivity contribution in [3.63, 3.8) is 0 Å². The van der Waals surface area contributed by atoms with Gasteiger partial charge < -0.3 is 16.0 Å². The Morgan fingerprint density at radius 2 is 1.76 bits per heavy atom. The van der Waals surface area contributed by atoms with Gasteiger partial charge in [-0.3, -0.25) is 9.59 Å². The molecule has 2 aliphatic rings. The molecule has 37 heavy (non-hydrogen) atoms. The molecular formula is C29H38Cl2FN3O2. The maximum Gasteiger partial charge on any atom is 0.238 e. The van der Waals surface area contributed by atoms with Gasteiger partial charge in [-0.15, -0.1) is 0 Å². The molecule has 3 N–H and O–H groups in total. The Labute approximate surface area is 229 Å². The minimum absolute atomic E-state index is 0.0660. The first-order chi connectivity index (χ1) is 17.5. The quantitative estimate of drug-likeness (QED) is 0.338. The van der Waals surface area contributed by atoms with Crippen LogP contribution in [0.4, 0.5) is 10.1 Å². The van der Waals surface area contributed by atoms with Crippen molar-refractivity contribution in [1.82, 2.24) is 10.6 Å². The van der Waals surface area contributed by atoms with Crippen molar-refractivity contribution in [2.45, 2.75) is 83.7 Å². The van der Waals surface area contributed by atoms with E-state index < -0.39 is 11.9 Å². The summed E-state index contributed by atoms with van der Waals surface area (Å²) in [5.41, 5.74) is 2.40. The monoisotopic (exact) mass is 549 g/mol. The van der Waals surface area contributed by atoms with Crippen molar-refractivity contribution in [3.05, 3.63) is 63.4 Å². The molecule has 1 aliphatic heterocycles. The van der Waals surface area contributed by atoms with Crippen LogP contribution in [0.3, 0.4) is 0 Å². The van der Waals surface area contributed by atoms with Crippen molar-refractivity contribution in [2.75, 3.05) is 11.9 Å². The van der Waals surface area contributed by atoms with Gasteiger partial charge in [0.05, 0.1) is 11.1 Å². The molecule has 0 radical (unpaired) electrons. The van der Waals surface area contributed by atoms with Crippen molar-refractivity contribution in [1.29, 1.82) is 0 Å². The first-order valence-corrected chi connectivity index (χ1v) is 13.7. The minimum atomic E-state index is -0.571. The maximum atomic E-state index is 14.4. The molecule has 2 unspecified atom stereocenters. The second-order valence-electron chi connectivity index (χ2n) is 11.5. The molecule has 4 rings (SSSR count). The number of hydrogen-bond donors (Lipinski definition) is 3. The maximum absolute atomic E-state index is 14.4. The predicted molar refractivity (Wildman–Crippen MR) is 150 cm³/mol. The van der Waals surface area contributed by atoms with E-state index in [1.807, 2.05) is 18.2 Å². The van der Waals surface area contributed by atoms with Crippen molar-refractivity contribution < 1.29 is 14.0 Å². The largest absolute Gasteiger partial charge is 0.352 e. The molecule has 1 aliphatic carbocycles. The fraction of sp³-hybridized carbons (Fsp3) is 0.517. The lowest BCUT2D eigenvalue weighted by molar-refractivity contribution is -0.124. The van der Waals surface area contributed by atoms with Gasteiger partial charge in [-0.2, -0.15) is 0 Å². The van der Waals surface area contributed by atoms with Crippen LogP contribution in [0.15, 0.2) is 36.4 Å². The Morgan fingerprint density at radius 3 is 2.38 bits per heavy atom. The van der Waals surface area contributed by atoms with Gasteiger partial charge >= 0.3 is 0 Å². The third-order valence-electron chi connectivity index (χ3n) is 6.52. The van der Waals surface area contributed by atoms with E-state index >= 15 is 0 Å². The third-order valence-corrected chi connectivity index (χ3v) is 7.05. The average molecular weight is 551 g/mol. The van der Waals surface area contributed by atoms with Gasteiger partial charge in [-0.1, -0.05) is 82.3 Å². The van der Waals surface area contributed by atoms with Gasteiger partial charge in [-0.05, 0) is 53.6 Å². The summed E-state index contributed by atoms with van der Waals surface area (Å²) in [5, 5.41) is 9.66. The predicted octanol–water partition coefficient (Wildman–Crippen LogP) is 7.04. The summed E-state index contributed by atoms with van der Waals surface area (Å²) >= 11 is 12.2. The number of nitrogens with one attached hydrogen (secondary N) is 3. The number of halogens is 3.